The summed E-state index contributed by atoms with van der Waals surface area (Å²) in [4.78, 5) is 0. The highest BCUT2D eigenvalue weighted by Gasteiger charge is 2.10. The summed E-state index contributed by atoms with van der Waals surface area (Å²) in [5.74, 6) is 0.364. The molecule has 0 saturated heterocycles. The van der Waals surface area contributed by atoms with Gasteiger partial charge in [-0.05, 0) is 16.7 Å². The van der Waals surface area contributed by atoms with Crippen molar-refractivity contribution in [3.63, 3.8) is 0 Å². The molecule has 0 N–H and O–H groups in total. The van der Waals surface area contributed by atoms with Gasteiger partial charge in [-0.15, -0.1) is 0 Å². The maximum atomic E-state index is 4.20. The summed E-state index contributed by atoms with van der Waals surface area (Å²) in [6.07, 6.45) is 0. The standard InChI is InChI=1S/C16H16/c1-13(15-9-5-3-6-10-15)14(2)16-11-7-4-8-12-16/h3-12,14H,1H2,2H3. The summed E-state index contributed by atoms with van der Waals surface area (Å²) >= 11 is 0. The van der Waals surface area contributed by atoms with Crippen molar-refractivity contribution in [2.24, 2.45) is 0 Å². The number of hydrogen-bond acceptors (Lipinski definition) is 0. The van der Waals surface area contributed by atoms with Crippen molar-refractivity contribution in [3.05, 3.63) is 78.4 Å². The lowest BCUT2D eigenvalue weighted by Gasteiger charge is -2.15. The molecule has 0 aliphatic carbocycles. The Bertz CT molecular complexity index is 454. The molecule has 1 unspecified atom stereocenters. The highest BCUT2D eigenvalue weighted by Crippen LogP contribution is 2.29. The Labute approximate surface area is 97.3 Å². The van der Waals surface area contributed by atoms with E-state index >= 15 is 0 Å². The second kappa shape index (κ2) is 4.80. The first-order valence-corrected chi connectivity index (χ1v) is 5.58. The molecule has 2 aromatic carbocycles. The molecule has 0 aliphatic heterocycles. The van der Waals surface area contributed by atoms with Gasteiger partial charge in [-0.25, -0.2) is 0 Å². The molecule has 0 spiro atoms. The van der Waals surface area contributed by atoms with Crippen LogP contribution in [-0.4, -0.2) is 0 Å². The fourth-order valence-corrected chi connectivity index (χ4v) is 1.85. The van der Waals surface area contributed by atoms with Crippen LogP contribution in [0.15, 0.2) is 67.2 Å². The molecular weight excluding hydrogens is 192 g/mol. The second-order valence-corrected chi connectivity index (χ2v) is 4.02. The highest BCUT2D eigenvalue weighted by molar-refractivity contribution is 5.69. The molecule has 0 nitrogen and oxygen atoms in total. The van der Waals surface area contributed by atoms with Gasteiger partial charge in [0.2, 0.25) is 0 Å². The third kappa shape index (κ3) is 2.22. The van der Waals surface area contributed by atoms with E-state index in [1.165, 1.54) is 16.7 Å². The molecule has 0 aliphatic rings. The number of benzene rings is 2. The fourth-order valence-electron chi connectivity index (χ4n) is 1.85. The zero-order valence-electron chi connectivity index (χ0n) is 9.56. The maximum absolute atomic E-state index is 4.20. The summed E-state index contributed by atoms with van der Waals surface area (Å²) in [5, 5.41) is 0. The third-order valence-electron chi connectivity index (χ3n) is 2.97. The summed E-state index contributed by atoms with van der Waals surface area (Å²) in [6.45, 7) is 6.40. The van der Waals surface area contributed by atoms with Crippen molar-refractivity contribution in [3.8, 4) is 0 Å². The zero-order valence-corrected chi connectivity index (χ0v) is 9.56. The third-order valence-corrected chi connectivity index (χ3v) is 2.97. The van der Waals surface area contributed by atoms with E-state index in [1.807, 2.05) is 12.1 Å². The lowest BCUT2D eigenvalue weighted by Crippen LogP contribution is -1.96. The molecular formula is C16H16. The Kier molecular flexibility index (Phi) is 3.21. The smallest absolute Gasteiger partial charge is 0.00610 e. The van der Waals surface area contributed by atoms with Crippen molar-refractivity contribution in [2.45, 2.75) is 12.8 Å². The molecule has 0 heteroatoms. The molecule has 16 heavy (non-hydrogen) atoms. The molecule has 0 amide bonds. The van der Waals surface area contributed by atoms with Crippen molar-refractivity contribution < 1.29 is 0 Å². The van der Waals surface area contributed by atoms with Gasteiger partial charge in [-0.3, -0.25) is 0 Å². The van der Waals surface area contributed by atoms with Crippen LogP contribution in [-0.2, 0) is 0 Å². The topological polar surface area (TPSA) is 0 Å². The summed E-state index contributed by atoms with van der Waals surface area (Å²) in [6, 6.07) is 20.9. The second-order valence-electron chi connectivity index (χ2n) is 4.02. The maximum Gasteiger partial charge on any atom is 0.00610 e. The molecule has 0 heterocycles. The molecule has 80 valence electrons. The number of allylic oxidation sites excluding steroid dienone is 1. The van der Waals surface area contributed by atoms with Gasteiger partial charge < -0.3 is 0 Å². The SMILES string of the molecule is C=C(c1ccccc1)C(C)c1ccccc1. The average Bonchev–Trinajstić information content (AvgIpc) is 2.39. The van der Waals surface area contributed by atoms with E-state index in [-0.39, 0.29) is 0 Å². The monoisotopic (exact) mass is 208 g/mol. The van der Waals surface area contributed by atoms with Gasteiger partial charge in [-0.1, -0.05) is 74.2 Å². The van der Waals surface area contributed by atoms with Crippen LogP contribution < -0.4 is 0 Å². The first-order chi connectivity index (χ1) is 7.79. The molecule has 2 rings (SSSR count). The van der Waals surface area contributed by atoms with Gasteiger partial charge in [0.25, 0.3) is 0 Å². The van der Waals surface area contributed by atoms with E-state index < -0.39 is 0 Å². The molecule has 0 saturated carbocycles. The van der Waals surface area contributed by atoms with Gasteiger partial charge in [0.15, 0.2) is 0 Å². The number of rotatable bonds is 3. The molecule has 2 aromatic rings. The highest BCUT2D eigenvalue weighted by atomic mass is 14.1. The van der Waals surface area contributed by atoms with Crippen LogP contribution in [0.2, 0.25) is 0 Å². The Hall–Kier alpha value is -1.82. The van der Waals surface area contributed by atoms with Crippen molar-refractivity contribution in [1.82, 2.24) is 0 Å². The van der Waals surface area contributed by atoms with Crippen LogP contribution in [0, 0.1) is 0 Å². The van der Waals surface area contributed by atoms with E-state index in [4.69, 9.17) is 0 Å². The van der Waals surface area contributed by atoms with Gasteiger partial charge in [0.1, 0.15) is 0 Å². The quantitative estimate of drug-likeness (QED) is 0.696. The first kappa shape index (κ1) is 10.7. The van der Waals surface area contributed by atoms with Gasteiger partial charge in [0, 0.05) is 5.92 Å². The Balaban J connectivity index is 2.24. The lowest BCUT2D eigenvalue weighted by molar-refractivity contribution is 0.992. The van der Waals surface area contributed by atoms with Crippen molar-refractivity contribution in [2.75, 3.05) is 0 Å². The van der Waals surface area contributed by atoms with Crippen LogP contribution in [0.4, 0.5) is 0 Å². The van der Waals surface area contributed by atoms with Gasteiger partial charge in [-0.2, -0.15) is 0 Å². The minimum absolute atomic E-state index is 0.364. The largest absolute Gasteiger partial charge is 0.0946 e. The summed E-state index contributed by atoms with van der Waals surface area (Å²) in [7, 11) is 0. The van der Waals surface area contributed by atoms with Crippen LogP contribution >= 0.6 is 0 Å². The lowest BCUT2D eigenvalue weighted by atomic mass is 9.89. The van der Waals surface area contributed by atoms with Crippen LogP contribution in [0.1, 0.15) is 24.0 Å². The summed E-state index contributed by atoms with van der Waals surface area (Å²) < 4.78 is 0. The Morgan fingerprint density at radius 1 is 0.875 bits per heavy atom. The van der Waals surface area contributed by atoms with Gasteiger partial charge in [0.05, 0.1) is 0 Å². The van der Waals surface area contributed by atoms with E-state index in [9.17, 15) is 0 Å². The van der Waals surface area contributed by atoms with E-state index in [0.29, 0.717) is 5.92 Å². The molecule has 0 aromatic heterocycles. The van der Waals surface area contributed by atoms with Crippen molar-refractivity contribution >= 4 is 5.57 Å². The minimum Gasteiger partial charge on any atom is -0.0946 e. The Morgan fingerprint density at radius 2 is 1.38 bits per heavy atom. The molecule has 1 atom stereocenters. The average molecular weight is 208 g/mol. The van der Waals surface area contributed by atoms with Gasteiger partial charge >= 0.3 is 0 Å². The first-order valence-electron chi connectivity index (χ1n) is 5.58. The zero-order chi connectivity index (χ0) is 11.4. The van der Waals surface area contributed by atoms with Crippen molar-refractivity contribution in [1.29, 1.82) is 0 Å². The predicted octanol–water partition coefficient (Wildman–Crippen LogP) is 4.50. The van der Waals surface area contributed by atoms with Crippen LogP contribution in [0.5, 0.6) is 0 Å². The molecule has 0 radical (unpaired) electrons. The Morgan fingerprint density at radius 3 is 1.94 bits per heavy atom. The summed E-state index contributed by atoms with van der Waals surface area (Å²) in [5.41, 5.74) is 3.71. The molecule has 0 fully saturated rings. The van der Waals surface area contributed by atoms with Crippen LogP contribution in [0.25, 0.3) is 5.57 Å². The van der Waals surface area contributed by atoms with E-state index in [2.05, 4.69) is 62.0 Å². The van der Waals surface area contributed by atoms with E-state index in [1.54, 1.807) is 0 Å². The van der Waals surface area contributed by atoms with Crippen LogP contribution in [0.3, 0.4) is 0 Å². The molecule has 0 bridgehead atoms. The number of hydrogen-bond donors (Lipinski definition) is 0. The fraction of sp³-hybridized carbons (Fsp3) is 0.125. The predicted molar refractivity (Wildman–Crippen MR) is 70.3 cm³/mol. The van der Waals surface area contributed by atoms with E-state index in [0.717, 1.165) is 0 Å². The normalized spacial score (nSPS) is 12.1. The minimum atomic E-state index is 0.364.